The molecule has 2 heterocycles. The minimum absolute atomic E-state index is 0.545. The van der Waals surface area contributed by atoms with E-state index in [1.165, 1.54) is 33.5 Å². The molecule has 0 amide bonds. The van der Waals surface area contributed by atoms with Crippen LogP contribution < -0.4 is 5.32 Å². The maximum atomic E-state index is 3.69. The summed E-state index contributed by atoms with van der Waals surface area (Å²) in [6.45, 7) is 0.995. The second-order valence-electron chi connectivity index (χ2n) is 4.33. The van der Waals surface area contributed by atoms with Gasteiger partial charge in [-0.2, -0.15) is 0 Å². The minimum Gasteiger partial charge on any atom is -0.305 e. The standard InChI is InChI=1S/C13H14BrNS2/c14-13-7-10-11(4-1-5-12(10)17-13)15-8-9-3-2-6-16-9/h2-3,6-7,11,15H,1,4-5,8H2. The Morgan fingerprint density at radius 1 is 1.47 bits per heavy atom. The molecule has 0 fully saturated rings. The summed E-state index contributed by atoms with van der Waals surface area (Å²) in [4.78, 5) is 2.98. The van der Waals surface area contributed by atoms with E-state index < -0.39 is 0 Å². The first-order valence-electron chi connectivity index (χ1n) is 5.87. The van der Waals surface area contributed by atoms with Gasteiger partial charge in [0.2, 0.25) is 0 Å². The zero-order valence-corrected chi connectivity index (χ0v) is 12.6. The largest absolute Gasteiger partial charge is 0.305 e. The van der Waals surface area contributed by atoms with Crippen LogP contribution in [0.3, 0.4) is 0 Å². The molecule has 2 aromatic rings. The number of rotatable bonds is 3. The van der Waals surface area contributed by atoms with Gasteiger partial charge in [0, 0.05) is 22.3 Å². The highest BCUT2D eigenvalue weighted by Gasteiger charge is 2.22. The maximum absolute atomic E-state index is 3.69. The van der Waals surface area contributed by atoms with Crippen LogP contribution in [0.25, 0.3) is 0 Å². The lowest BCUT2D eigenvalue weighted by atomic mass is 9.94. The van der Waals surface area contributed by atoms with E-state index in [0.29, 0.717) is 6.04 Å². The Balaban J connectivity index is 1.72. The lowest BCUT2D eigenvalue weighted by molar-refractivity contribution is 0.465. The van der Waals surface area contributed by atoms with Crippen LogP contribution in [-0.4, -0.2) is 0 Å². The van der Waals surface area contributed by atoms with Gasteiger partial charge in [-0.15, -0.1) is 22.7 Å². The fraction of sp³-hybridized carbons (Fsp3) is 0.385. The first-order chi connectivity index (χ1) is 8.33. The van der Waals surface area contributed by atoms with E-state index in [-0.39, 0.29) is 0 Å². The Hall–Kier alpha value is -0.160. The number of halogens is 1. The van der Waals surface area contributed by atoms with Gasteiger partial charge >= 0.3 is 0 Å². The van der Waals surface area contributed by atoms with E-state index >= 15 is 0 Å². The summed E-state index contributed by atoms with van der Waals surface area (Å²) in [6.07, 6.45) is 3.83. The Morgan fingerprint density at radius 3 is 3.24 bits per heavy atom. The zero-order valence-electron chi connectivity index (χ0n) is 9.41. The normalized spacial score (nSPS) is 19.2. The third-order valence-corrected chi connectivity index (χ3v) is 5.78. The van der Waals surface area contributed by atoms with E-state index in [4.69, 9.17) is 0 Å². The predicted octanol–water partition coefficient (Wildman–Crippen LogP) is 4.74. The molecule has 90 valence electrons. The average molecular weight is 328 g/mol. The highest BCUT2D eigenvalue weighted by atomic mass is 79.9. The van der Waals surface area contributed by atoms with Gasteiger partial charge < -0.3 is 5.32 Å². The van der Waals surface area contributed by atoms with Crippen molar-refractivity contribution in [2.24, 2.45) is 0 Å². The van der Waals surface area contributed by atoms with Crippen LogP contribution in [0.2, 0.25) is 0 Å². The third kappa shape index (κ3) is 2.65. The van der Waals surface area contributed by atoms with Crippen LogP contribution in [-0.2, 0) is 13.0 Å². The van der Waals surface area contributed by atoms with Gasteiger partial charge in [-0.25, -0.2) is 0 Å². The van der Waals surface area contributed by atoms with Crippen molar-refractivity contribution in [1.82, 2.24) is 5.32 Å². The fourth-order valence-electron chi connectivity index (χ4n) is 2.37. The second kappa shape index (κ2) is 5.22. The molecule has 0 bridgehead atoms. The molecule has 0 saturated carbocycles. The monoisotopic (exact) mass is 327 g/mol. The number of fused-ring (bicyclic) bond motifs is 1. The van der Waals surface area contributed by atoms with Crippen molar-refractivity contribution >= 4 is 38.6 Å². The molecule has 0 saturated heterocycles. The third-order valence-electron chi connectivity index (χ3n) is 3.19. The van der Waals surface area contributed by atoms with Gasteiger partial charge in [-0.3, -0.25) is 0 Å². The smallest absolute Gasteiger partial charge is 0.0704 e. The van der Waals surface area contributed by atoms with Crippen molar-refractivity contribution in [1.29, 1.82) is 0 Å². The van der Waals surface area contributed by atoms with Crippen molar-refractivity contribution in [3.8, 4) is 0 Å². The van der Waals surface area contributed by atoms with Crippen molar-refractivity contribution in [2.75, 3.05) is 0 Å². The molecule has 1 N–H and O–H groups in total. The number of hydrogen-bond donors (Lipinski definition) is 1. The lowest BCUT2D eigenvalue weighted by Gasteiger charge is -2.23. The maximum Gasteiger partial charge on any atom is 0.0704 e. The number of hydrogen-bond acceptors (Lipinski definition) is 3. The van der Waals surface area contributed by atoms with Crippen LogP contribution in [0.5, 0.6) is 0 Å². The Morgan fingerprint density at radius 2 is 2.41 bits per heavy atom. The minimum atomic E-state index is 0.545. The summed E-state index contributed by atoms with van der Waals surface area (Å²) < 4.78 is 1.27. The van der Waals surface area contributed by atoms with E-state index in [1.807, 2.05) is 22.7 Å². The van der Waals surface area contributed by atoms with E-state index in [0.717, 1.165) is 6.54 Å². The number of nitrogens with one attached hydrogen (secondary N) is 1. The number of aryl methyl sites for hydroxylation is 1. The van der Waals surface area contributed by atoms with Crippen LogP contribution in [0.15, 0.2) is 27.4 Å². The zero-order chi connectivity index (χ0) is 11.7. The molecule has 4 heteroatoms. The molecule has 1 aliphatic carbocycles. The molecule has 1 unspecified atom stereocenters. The molecule has 1 nitrogen and oxygen atoms in total. The highest BCUT2D eigenvalue weighted by molar-refractivity contribution is 9.11. The van der Waals surface area contributed by atoms with Gasteiger partial charge in [-0.05, 0) is 58.3 Å². The highest BCUT2D eigenvalue weighted by Crippen LogP contribution is 2.38. The van der Waals surface area contributed by atoms with Gasteiger partial charge in [0.05, 0.1) is 3.79 Å². The topological polar surface area (TPSA) is 12.0 Å². The molecule has 1 aliphatic rings. The van der Waals surface area contributed by atoms with Crippen LogP contribution in [0, 0.1) is 0 Å². The van der Waals surface area contributed by atoms with Crippen LogP contribution in [0.4, 0.5) is 0 Å². The average Bonchev–Trinajstić information content (AvgIpc) is 2.93. The van der Waals surface area contributed by atoms with E-state index in [2.05, 4.69) is 44.8 Å². The summed E-state index contributed by atoms with van der Waals surface area (Å²) in [5.74, 6) is 0. The Kier molecular flexibility index (Phi) is 3.66. The van der Waals surface area contributed by atoms with Crippen LogP contribution in [0.1, 0.15) is 34.2 Å². The van der Waals surface area contributed by atoms with Crippen molar-refractivity contribution < 1.29 is 0 Å². The molecule has 0 aliphatic heterocycles. The Labute approximate surface area is 118 Å². The molecular formula is C13H14BrNS2. The van der Waals surface area contributed by atoms with Crippen LogP contribution >= 0.6 is 38.6 Å². The van der Waals surface area contributed by atoms with Crippen molar-refractivity contribution in [2.45, 2.75) is 31.8 Å². The molecule has 0 radical (unpaired) electrons. The molecule has 2 aromatic heterocycles. The van der Waals surface area contributed by atoms with Gasteiger partial charge in [0.1, 0.15) is 0 Å². The molecule has 0 spiro atoms. The van der Waals surface area contributed by atoms with Crippen molar-refractivity contribution in [3.63, 3.8) is 0 Å². The van der Waals surface area contributed by atoms with Gasteiger partial charge in [-0.1, -0.05) is 6.07 Å². The first-order valence-corrected chi connectivity index (χ1v) is 8.36. The molecule has 1 atom stereocenters. The SMILES string of the molecule is Brc1cc2c(s1)CCCC2NCc1cccs1. The molecule has 0 aromatic carbocycles. The summed E-state index contributed by atoms with van der Waals surface area (Å²) >= 11 is 7.33. The fourth-order valence-corrected chi connectivity index (χ4v) is 4.85. The van der Waals surface area contributed by atoms with Gasteiger partial charge in [0.25, 0.3) is 0 Å². The molecule has 3 rings (SSSR count). The summed E-state index contributed by atoms with van der Waals surface area (Å²) in [5, 5.41) is 5.83. The quantitative estimate of drug-likeness (QED) is 0.858. The number of thiophene rings is 2. The second-order valence-corrected chi connectivity index (χ2v) is 7.88. The summed E-state index contributed by atoms with van der Waals surface area (Å²) in [6, 6.07) is 7.16. The Bertz CT molecular complexity index is 489. The van der Waals surface area contributed by atoms with E-state index in [9.17, 15) is 0 Å². The molecule has 17 heavy (non-hydrogen) atoms. The van der Waals surface area contributed by atoms with Crippen molar-refractivity contribution in [3.05, 3.63) is 42.7 Å². The first kappa shape index (κ1) is 11.9. The van der Waals surface area contributed by atoms with Gasteiger partial charge in [0.15, 0.2) is 0 Å². The summed E-state index contributed by atoms with van der Waals surface area (Å²) in [5.41, 5.74) is 1.52. The predicted molar refractivity (Wildman–Crippen MR) is 78.9 cm³/mol. The molecular weight excluding hydrogens is 314 g/mol. The van der Waals surface area contributed by atoms with E-state index in [1.54, 1.807) is 4.88 Å². The lowest BCUT2D eigenvalue weighted by Crippen LogP contribution is -2.23. The summed E-state index contributed by atoms with van der Waals surface area (Å²) in [7, 11) is 0.